The topological polar surface area (TPSA) is 106 Å². The molecule has 1 heterocycles. The summed E-state index contributed by atoms with van der Waals surface area (Å²) in [5.74, 6) is 0.957. The van der Waals surface area contributed by atoms with Crippen molar-refractivity contribution in [1.29, 1.82) is 0 Å². The maximum Gasteiger partial charge on any atom is 0.203 e. The maximum atomic E-state index is 10.4. The van der Waals surface area contributed by atoms with Crippen molar-refractivity contribution < 1.29 is 29.2 Å². The number of aromatic hydroxyl groups is 2. The quantitative estimate of drug-likeness (QED) is 0.571. The Morgan fingerprint density at radius 3 is 1.96 bits per heavy atom. The van der Waals surface area contributed by atoms with E-state index in [1.54, 1.807) is 30.5 Å². The van der Waals surface area contributed by atoms with Gasteiger partial charge in [-0.05, 0) is 29.8 Å². The Balaban J connectivity index is 2.18. The summed E-state index contributed by atoms with van der Waals surface area (Å²) < 4.78 is 21.2. The van der Waals surface area contributed by atoms with E-state index in [4.69, 9.17) is 18.9 Å². The van der Waals surface area contributed by atoms with Crippen molar-refractivity contribution in [2.75, 3.05) is 28.4 Å². The lowest BCUT2D eigenvalue weighted by Crippen LogP contribution is -1.96. The molecule has 2 aromatic carbocycles. The first-order valence-electron chi connectivity index (χ1n) is 7.98. The van der Waals surface area contributed by atoms with E-state index in [9.17, 15) is 10.2 Å². The third-order valence-corrected chi connectivity index (χ3v) is 4.22. The molecular formula is C19H20N2O6. The van der Waals surface area contributed by atoms with Gasteiger partial charge in [-0.15, -0.1) is 0 Å². The third kappa shape index (κ3) is 3.05. The lowest BCUT2D eigenvalue weighted by Gasteiger charge is -2.15. The van der Waals surface area contributed by atoms with Gasteiger partial charge in [0.25, 0.3) is 0 Å². The van der Waals surface area contributed by atoms with Crippen molar-refractivity contribution in [3.05, 3.63) is 30.5 Å². The molecular weight excluding hydrogens is 352 g/mol. The second kappa shape index (κ2) is 7.36. The molecule has 0 spiro atoms. The minimum Gasteiger partial charge on any atom is -0.504 e. The van der Waals surface area contributed by atoms with Crippen molar-refractivity contribution in [2.45, 2.75) is 0 Å². The molecule has 0 atom stereocenters. The van der Waals surface area contributed by atoms with Crippen LogP contribution in [0.4, 0.5) is 0 Å². The van der Waals surface area contributed by atoms with Crippen molar-refractivity contribution in [3.63, 3.8) is 0 Å². The highest BCUT2D eigenvalue weighted by Gasteiger charge is 2.21. The summed E-state index contributed by atoms with van der Waals surface area (Å²) >= 11 is 0. The Hall–Kier alpha value is -3.55. The SMILES string of the molecule is COc1ccc(-c2[nH]ncc2-c2cc(OC)c(OC)c(OC)c2)c(O)c1O. The predicted octanol–water partition coefficient (Wildman–Crippen LogP) is 3.19. The van der Waals surface area contributed by atoms with Crippen LogP contribution in [-0.4, -0.2) is 48.8 Å². The van der Waals surface area contributed by atoms with Crippen LogP contribution < -0.4 is 18.9 Å². The van der Waals surface area contributed by atoms with Gasteiger partial charge in [0.1, 0.15) is 0 Å². The van der Waals surface area contributed by atoms with E-state index in [2.05, 4.69) is 10.2 Å². The number of nitrogens with zero attached hydrogens (tertiary/aromatic N) is 1. The van der Waals surface area contributed by atoms with E-state index in [0.29, 0.717) is 34.1 Å². The molecule has 0 saturated carbocycles. The van der Waals surface area contributed by atoms with Gasteiger partial charge >= 0.3 is 0 Å². The molecule has 0 unspecified atom stereocenters. The molecule has 3 N–H and O–H groups in total. The first-order valence-corrected chi connectivity index (χ1v) is 7.98. The molecule has 0 fully saturated rings. The largest absolute Gasteiger partial charge is 0.504 e. The van der Waals surface area contributed by atoms with Crippen LogP contribution in [0.15, 0.2) is 30.5 Å². The molecule has 0 radical (unpaired) electrons. The van der Waals surface area contributed by atoms with Crippen molar-refractivity contribution in [2.24, 2.45) is 0 Å². The molecule has 0 aliphatic heterocycles. The number of ether oxygens (including phenoxy) is 4. The predicted molar refractivity (Wildman–Crippen MR) is 99.0 cm³/mol. The molecule has 0 aliphatic rings. The van der Waals surface area contributed by atoms with E-state index >= 15 is 0 Å². The van der Waals surface area contributed by atoms with E-state index < -0.39 is 0 Å². The van der Waals surface area contributed by atoms with E-state index in [0.717, 1.165) is 5.56 Å². The van der Waals surface area contributed by atoms with Crippen LogP contribution in [0.25, 0.3) is 22.4 Å². The molecule has 3 rings (SSSR count). The molecule has 8 heteroatoms. The fourth-order valence-electron chi connectivity index (χ4n) is 2.87. The van der Waals surface area contributed by atoms with E-state index in [1.807, 2.05) is 0 Å². The average Bonchev–Trinajstić information content (AvgIpc) is 3.18. The maximum absolute atomic E-state index is 10.4. The molecule has 8 nitrogen and oxygen atoms in total. The minimum absolute atomic E-state index is 0.171. The van der Waals surface area contributed by atoms with Crippen molar-refractivity contribution >= 4 is 0 Å². The standard InChI is InChI=1S/C19H20N2O6/c1-24-13-6-5-11(17(22)18(13)23)16-12(9-20-21-16)10-7-14(25-2)19(27-4)15(8-10)26-3/h5-9,22-23H,1-4H3,(H,20,21). The summed E-state index contributed by atoms with van der Waals surface area (Å²) in [6.45, 7) is 0. The number of nitrogens with one attached hydrogen (secondary N) is 1. The molecule has 0 saturated heterocycles. The van der Waals surface area contributed by atoms with Crippen LogP contribution in [0.2, 0.25) is 0 Å². The van der Waals surface area contributed by atoms with Crippen LogP contribution >= 0.6 is 0 Å². The van der Waals surface area contributed by atoms with Gasteiger partial charge < -0.3 is 29.2 Å². The van der Waals surface area contributed by atoms with E-state index in [1.165, 1.54) is 28.4 Å². The monoisotopic (exact) mass is 372 g/mol. The summed E-state index contributed by atoms with van der Waals surface area (Å²) in [7, 11) is 6.00. The Labute approximate surface area is 155 Å². The van der Waals surface area contributed by atoms with Crippen LogP contribution in [0.3, 0.4) is 0 Å². The van der Waals surface area contributed by atoms with Crippen LogP contribution in [0.5, 0.6) is 34.5 Å². The highest BCUT2D eigenvalue weighted by molar-refractivity contribution is 5.86. The zero-order valence-electron chi connectivity index (χ0n) is 15.4. The Morgan fingerprint density at radius 2 is 1.41 bits per heavy atom. The number of benzene rings is 2. The van der Waals surface area contributed by atoms with Crippen molar-refractivity contribution in [1.82, 2.24) is 10.2 Å². The number of aromatic nitrogens is 2. The molecule has 3 aromatic rings. The van der Waals surface area contributed by atoms with Gasteiger partial charge in [0.05, 0.1) is 40.3 Å². The van der Waals surface area contributed by atoms with Gasteiger partial charge in [-0.3, -0.25) is 5.10 Å². The van der Waals surface area contributed by atoms with Gasteiger partial charge in [0, 0.05) is 11.1 Å². The van der Waals surface area contributed by atoms with Gasteiger partial charge in [-0.1, -0.05) is 0 Å². The third-order valence-electron chi connectivity index (χ3n) is 4.22. The Morgan fingerprint density at radius 1 is 0.778 bits per heavy atom. The zero-order chi connectivity index (χ0) is 19.6. The number of aromatic amines is 1. The van der Waals surface area contributed by atoms with Gasteiger partial charge in [-0.25, -0.2) is 0 Å². The molecule has 0 amide bonds. The van der Waals surface area contributed by atoms with Gasteiger partial charge in [-0.2, -0.15) is 5.10 Å². The second-order valence-electron chi connectivity index (χ2n) is 5.59. The van der Waals surface area contributed by atoms with Crippen molar-refractivity contribution in [3.8, 4) is 56.9 Å². The highest BCUT2D eigenvalue weighted by Crippen LogP contribution is 2.46. The summed E-state index contributed by atoms with van der Waals surface area (Å²) in [4.78, 5) is 0. The number of hydrogen-bond acceptors (Lipinski definition) is 7. The van der Waals surface area contributed by atoms with Gasteiger partial charge in [0.15, 0.2) is 23.0 Å². The number of methoxy groups -OCH3 is 4. The second-order valence-corrected chi connectivity index (χ2v) is 5.59. The molecule has 0 aliphatic carbocycles. The van der Waals surface area contributed by atoms with Gasteiger partial charge in [0.2, 0.25) is 11.5 Å². The van der Waals surface area contributed by atoms with E-state index in [-0.39, 0.29) is 17.2 Å². The normalized spacial score (nSPS) is 10.5. The fraction of sp³-hybridized carbons (Fsp3) is 0.211. The number of phenols is 2. The summed E-state index contributed by atoms with van der Waals surface area (Å²) in [5.41, 5.74) is 2.28. The summed E-state index contributed by atoms with van der Waals surface area (Å²) in [6.07, 6.45) is 1.61. The Kier molecular flexibility index (Phi) is 4.98. The van der Waals surface area contributed by atoms with Crippen LogP contribution in [-0.2, 0) is 0 Å². The first kappa shape index (κ1) is 18.2. The number of hydrogen-bond donors (Lipinski definition) is 3. The number of rotatable bonds is 6. The average molecular weight is 372 g/mol. The molecule has 1 aromatic heterocycles. The Bertz CT molecular complexity index is 942. The summed E-state index contributed by atoms with van der Waals surface area (Å²) in [6, 6.07) is 6.74. The van der Waals surface area contributed by atoms with Crippen LogP contribution in [0.1, 0.15) is 0 Å². The minimum atomic E-state index is -0.347. The lowest BCUT2D eigenvalue weighted by molar-refractivity contribution is 0.324. The number of phenolic OH excluding ortho intramolecular Hbond substituents is 2. The number of H-pyrrole nitrogens is 1. The molecule has 0 bridgehead atoms. The zero-order valence-corrected chi connectivity index (χ0v) is 15.4. The molecule has 27 heavy (non-hydrogen) atoms. The summed E-state index contributed by atoms with van der Waals surface area (Å²) in [5, 5.41) is 27.4. The highest BCUT2D eigenvalue weighted by atomic mass is 16.5. The molecule has 142 valence electrons. The fourth-order valence-corrected chi connectivity index (χ4v) is 2.87. The first-order chi connectivity index (χ1) is 13.0. The smallest absolute Gasteiger partial charge is 0.203 e. The van der Waals surface area contributed by atoms with Crippen LogP contribution in [0, 0.1) is 0 Å². The lowest BCUT2D eigenvalue weighted by atomic mass is 10.00.